The lowest BCUT2D eigenvalue weighted by molar-refractivity contribution is 0.247. The van der Waals surface area contributed by atoms with Crippen LogP contribution in [0, 0.1) is 0 Å². The second kappa shape index (κ2) is 6.57. The van der Waals surface area contributed by atoms with Gasteiger partial charge in [0.2, 0.25) is 0 Å². The van der Waals surface area contributed by atoms with Crippen molar-refractivity contribution in [2.75, 3.05) is 18.4 Å². The van der Waals surface area contributed by atoms with Gasteiger partial charge < -0.3 is 5.32 Å². The molecule has 1 aromatic carbocycles. The Kier molecular flexibility index (Phi) is 4.76. The maximum absolute atomic E-state index is 5.30. The van der Waals surface area contributed by atoms with E-state index < -0.39 is 0 Å². The summed E-state index contributed by atoms with van der Waals surface area (Å²) in [5.74, 6) is 0. The van der Waals surface area contributed by atoms with Crippen LogP contribution >= 0.6 is 12.2 Å². The Morgan fingerprint density at radius 2 is 1.65 bits per heavy atom. The molecule has 0 aliphatic carbocycles. The lowest BCUT2D eigenvalue weighted by Gasteiger charge is -2.22. The Morgan fingerprint density at radius 1 is 1.00 bits per heavy atom. The molecule has 3 nitrogen and oxygen atoms in total. The van der Waals surface area contributed by atoms with Crippen molar-refractivity contribution in [3.05, 3.63) is 30.3 Å². The van der Waals surface area contributed by atoms with Crippen molar-refractivity contribution in [3.63, 3.8) is 0 Å². The van der Waals surface area contributed by atoms with E-state index >= 15 is 0 Å². The van der Waals surface area contributed by atoms with Gasteiger partial charge in [-0.1, -0.05) is 31.0 Å². The van der Waals surface area contributed by atoms with E-state index in [1.54, 1.807) is 0 Å². The highest BCUT2D eigenvalue weighted by Gasteiger charge is 2.09. The summed E-state index contributed by atoms with van der Waals surface area (Å²) in [4.78, 5) is 0. The van der Waals surface area contributed by atoms with E-state index in [1.165, 1.54) is 25.7 Å². The van der Waals surface area contributed by atoms with Gasteiger partial charge >= 0.3 is 0 Å². The smallest absolute Gasteiger partial charge is 0.185 e. The summed E-state index contributed by atoms with van der Waals surface area (Å²) >= 11 is 5.30. The van der Waals surface area contributed by atoms with Crippen LogP contribution in [0.5, 0.6) is 0 Å². The summed E-state index contributed by atoms with van der Waals surface area (Å²) in [6, 6.07) is 10.0. The zero-order valence-electron chi connectivity index (χ0n) is 9.98. The van der Waals surface area contributed by atoms with Gasteiger partial charge in [0.15, 0.2) is 5.11 Å². The van der Waals surface area contributed by atoms with Gasteiger partial charge in [0.05, 0.1) is 0 Å². The average Bonchev–Trinajstić information content (AvgIpc) is 2.59. The lowest BCUT2D eigenvalue weighted by atomic mass is 10.2. The van der Waals surface area contributed by atoms with Gasteiger partial charge in [0.1, 0.15) is 0 Å². The van der Waals surface area contributed by atoms with Crippen molar-refractivity contribution in [3.8, 4) is 0 Å². The predicted octanol–water partition coefficient (Wildman–Crippen LogP) is 2.76. The lowest BCUT2D eigenvalue weighted by Crippen LogP contribution is -2.44. The van der Waals surface area contributed by atoms with Crippen LogP contribution in [-0.2, 0) is 0 Å². The van der Waals surface area contributed by atoms with Gasteiger partial charge in [-0.15, -0.1) is 0 Å². The van der Waals surface area contributed by atoms with Crippen LogP contribution in [0.15, 0.2) is 30.3 Å². The monoisotopic (exact) mass is 249 g/mol. The fourth-order valence-corrected chi connectivity index (χ4v) is 2.25. The highest BCUT2D eigenvalue weighted by atomic mass is 32.1. The SMILES string of the molecule is S=C(Nc1ccccc1)NN1CCCCCC1. The van der Waals surface area contributed by atoms with E-state index in [-0.39, 0.29) is 0 Å². The molecule has 1 fully saturated rings. The van der Waals surface area contributed by atoms with Crippen LogP contribution in [0.2, 0.25) is 0 Å². The number of nitrogens with one attached hydrogen (secondary N) is 2. The van der Waals surface area contributed by atoms with Crippen molar-refractivity contribution in [1.29, 1.82) is 0 Å². The van der Waals surface area contributed by atoms with E-state index in [0.29, 0.717) is 5.11 Å². The Bertz CT molecular complexity index is 345. The van der Waals surface area contributed by atoms with Crippen molar-refractivity contribution < 1.29 is 0 Å². The second-order valence-electron chi connectivity index (χ2n) is 4.33. The van der Waals surface area contributed by atoms with Gasteiger partial charge in [0, 0.05) is 18.8 Å². The fourth-order valence-electron chi connectivity index (χ4n) is 2.01. The fraction of sp³-hybridized carbons (Fsp3) is 0.462. The molecule has 0 unspecified atom stereocenters. The number of anilines is 1. The number of benzene rings is 1. The van der Waals surface area contributed by atoms with E-state index in [2.05, 4.69) is 15.8 Å². The second-order valence-corrected chi connectivity index (χ2v) is 4.74. The van der Waals surface area contributed by atoms with Gasteiger partial charge in [-0.05, 0) is 37.2 Å². The molecule has 2 N–H and O–H groups in total. The summed E-state index contributed by atoms with van der Waals surface area (Å²) in [5.41, 5.74) is 4.29. The molecule has 2 rings (SSSR count). The first-order valence-corrected chi connectivity index (χ1v) is 6.63. The molecule has 17 heavy (non-hydrogen) atoms. The Morgan fingerprint density at radius 3 is 2.29 bits per heavy atom. The molecule has 0 saturated carbocycles. The third kappa shape index (κ3) is 4.32. The predicted molar refractivity (Wildman–Crippen MR) is 75.8 cm³/mol. The largest absolute Gasteiger partial charge is 0.332 e. The number of rotatable bonds is 2. The zero-order valence-corrected chi connectivity index (χ0v) is 10.8. The van der Waals surface area contributed by atoms with Gasteiger partial charge in [-0.25, -0.2) is 5.01 Å². The molecular formula is C13H19N3S. The van der Waals surface area contributed by atoms with Gasteiger partial charge in [-0.2, -0.15) is 0 Å². The highest BCUT2D eigenvalue weighted by molar-refractivity contribution is 7.80. The summed E-state index contributed by atoms with van der Waals surface area (Å²) < 4.78 is 0. The molecule has 0 radical (unpaired) electrons. The van der Waals surface area contributed by atoms with E-state index in [9.17, 15) is 0 Å². The first-order valence-electron chi connectivity index (χ1n) is 6.22. The van der Waals surface area contributed by atoms with Crippen molar-refractivity contribution >= 4 is 23.0 Å². The molecule has 0 amide bonds. The summed E-state index contributed by atoms with van der Waals surface area (Å²) in [6.45, 7) is 2.16. The van der Waals surface area contributed by atoms with Gasteiger partial charge in [0.25, 0.3) is 0 Å². The first-order chi connectivity index (χ1) is 8.34. The topological polar surface area (TPSA) is 27.3 Å². The molecule has 1 saturated heterocycles. The molecule has 1 heterocycles. The minimum Gasteiger partial charge on any atom is -0.332 e. The molecule has 1 aliphatic rings. The van der Waals surface area contributed by atoms with E-state index in [0.717, 1.165) is 18.8 Å². The van der Waals surface area contributed by atoms with E-state index in [1.807, 2.05) is 30.3 Å². The number of hydrazine groups is 1. The normalized spacial score (nSPS) is 17.2. The summed E-state index contributed by atoms with van der Waals surface area (Å²) in [6.07, 6.45) is 5.16. The Labute approximate surface area is 108 Å². The number of para-hydroxylation sites is 1. The number of nitrogens with zero attached hydrogens (tertiary/aromatic N) is 1. The quantitative estimate of drug-likeness (QED) is 0.788. The molecule has 4 heteroatoms. The van der Waals surface area contributed by atoms with Crippen molar-refractivity contribution in [1.82, 2.24) is 10.4 Å². The molecule has 1 aliphatic heterocycles. The number of hydrogen-bond donors (Lipinski definition) is 2. The Balaban J connectivity index is 1.80. The minimum absolute atomic E-state index is 0.679. The minimum atomic E-state index is 0.679. The number of hydrogen-bond acceptors (Lipinski definition) is 2. The third-order valence-electron chi connectivity index (χ3n) is 2.90. The van der Waals surface area contributed by atoms with Crippen molar-refractivity contribution in [2.24, 2.45) is 0 Å². The molecule has 0 aromatic heterocycles. The van der Waals surface area contributed by atoms with Gasteiger partial charge in [-0.3, -0.25) is 5.43 Å². The Hall–Kier alpha value is -1.13. The standard InChI is InChI=1S/C13H19N3S/c17-13(14-12-8-4-3-5-9-12)15-16-10-6-1-2-7-11-16/h3-5,8-9H,1-2,6-7,10-11H2,(H2,14,15,17). The molecule has 0 spiro atoms. The molecule has 0 atom stereocenters. The molecule has 0 bridgehead atoms. The number of thiocarbonyl (C=S) groups is 1. The highest BCUT2D eigenvalue weighted by Crippen LogP contribution is 2.08. The van der Waals surface area contributed by atoms with Crippen LogP contribution in [0.3, 0.4) is 0 Å². The summed E-state index contributed by atoms with van der Waals surface area (Å²) in [5, 5.41) is 6.08. The van der Waals surface area contributed by atoms with Crippen LogP contribution in [-0.4, -0.2) is 23.2 Å². The maximum atomic E-state index is 5.30. The average molecular weight is 249 g/mol. The molecule has 92 valence electrons. The van der Waals surface area contributed by atoms with Crippen molar-refractivity contribution in [2.45, 2.75) is 25.7 Å². The van der Waals surface area contributed by atoms with Crippen LogP contribution < -0.4 is 10.7 Å². The summed E-state index contributed by atoms with van der Waals surface area (Å²) in [7, 11) is 0. The van der Waals surface area contributed by atoms with Crippen LogP contribution in [0.25, 0.3) is 0 Å². The van der Waals surface area contributed by atoms with E-state index in [4.69, 9.17) is 12.2 Å². The molecule has 1 aromatic rings. The zero-order chi connectivity index (χ0) is 11.9. The first kappa shape index (κ1) is 12.3. The molecular weight excluding hydrogens is 230 g/mol. The van der Waals surface area contributed by atoms with Crippen LogP contribution in [0.1, 0.15) is 25.7 Å². The maximum Gasteiger partial charge on any atom is 0.185 e. The third-order valence-corrected chi connectivity index (χ3v) is 3.09. The van der Waals surface area contributed by atoms with Crippen LogP contribution in [0.4, 0.5) is 5.69 Å².